The van der Waals surface area contributed by atoms with Crippen LogP contribution in [0.3, 0.4) is 0 Å². The lowest BCUT2D eigenvalue weighted by molar-refractivity contribution is 0.560. The fraction of sp³-hybridized carbons (Fsp3) is 0.143. The number of benzene rings is 4. The highest BCUT2D eigenvalue weighted by Crippen LogP contribution is 2.38. The first-order valence-corrected chi connectivity index (χ1v) is 10.4. The summed E-state index contributed by atoms with van der Waals surface area (Å²) in [6.45, 7) is 6.72. The van der Waals surface area contributed by atoms with Crippen LogP contribution in [0.2, 0.25) is 0 Å². The van der Waals surface area contributed by atoms with E-state index in [0.717, 1.165) is 27.6 Å². The van der Waals surface area contributed by atoms with Crippen molar-refractivity contribution in [2.75, 3.05) is 4.90 Å². The van der Waals surface area contributed by atoms with Gasteiger partial charge < -0.3 is 9.32 Å². The van der Waals surface area contributed by atoms with Gasteiger partial charge in [0.15, 0.2) is 0 Å². The number of furan rings is 1. The number of fused-ring (bicyclic) bond motifs is 3. The zero-order valence-corrected chi connectivity index (χ0v) is 17.6. The van der Waals surface area contributed by atoms with E-state index in [0.29, 0.717) is 0 Å². The summed E-state index contributed by atoms with van der Waals surface area (Å²) in [5, 5.41) is 2.31. The van der Waals surface area contributed by atoms with E-state index in [1.165, 1.54) is 16.8 Å². The standard InChI is InChI=1S/C28H25NO/c1-28(2,3)29(22-13-9-12-21(18-22)20-10-5-4-6-11-20)23-16-17-25-24-14-7-8-15-26(24)30-27(25)19-23/h4-19H,1-3H3. The zero-order chi connectivity index (χ0) is 20.7. The van der Waals surface area contributed by atoms with Crippen molar-refractivity contribution in [2.45, 2.75) is 26.3 Å². The van der Waals surface area contributed by atoms with Gasteiger partial charge in [-0.05, 0) is 62.2 Å². The van der Waals surface area contributed by atoms with Crippen molar-refractivity contribution in [1.29, 1.82) is 0 Å². The summed E-state index contributed by atoms with van der Waals surface area (Å²) in [5.41, 5.74) is 6.47. The first kappa shape index (κ1) is 18.5. The van der Waals surface area contributed by atoms with Crippen molar-refractivity contribution in [2.24, 2.45) is 0 Å². The van der Waals surface area contributed by atoms with Gasteiger partial charge in [0.1, 0.15) is 11.2 Å². The molecule has 4 aromatic carbocycles. The molecular weight excluding hydrogens is 366 g/mol. The Kier molecular flexibility index (Phi) is 4.36. The number of rotatable bonds is 3. The molecule has 0 aliphatic carbocycles. The predicted molar refractivity (Wildman–Crippen MR) is 127 cm³/mol. The maximum absolute atomic E-state index is 6.16. The van der Waals surface area contributed by atoms with E-state index in [1.54, 1.807) is 0 Å². The number of hydrogen-bond acceptors (Lipinski definition) is 2. The van der Waals surface area contributed by atoms with Crippen LogP contribution in [-0.4, -0.2) is 5.54 Å². The molecule has 0 bridgehead atoms. The molecule has 0 N–H and O–H groups in total. The lowest BCUT2D eigenvalue weighted by Crippen LogP contribution is -2.37. The van der Waals surface area contributed by atoms with Gasteiger partial charge in [0.05, 0.1) is 0 Å². The molecule has 1 heterocycles. The Labute approximate surface area is 177 Å². The summed E-state index contributed by atoms with van der Waals surface area (Å²) in [5.74, 6) is 0. The lowest BCUT2D eigenvalue weighted by Gasteiger charge is -2.38. The lowest BCUT2D eigenvalue weighted by atomic mass is 10.00. The Bertz CT molecular complexity index is 1330. The number of anilines is 2. The van der Waals surface area contributed by atoms with Gasteiger partial charge in [-0.1, -0.05) is 60.7 Å². The molecule has 2 nitrogen and oxygen atoms in total. The molecule has 0 saturated heterocycles. The van der Waals surface area contributed by atoms with Crippen molar-refractivity contribution >= 4 is 33.3 Å². The van der Waals surface area contributed by atoms with Crippen LogP contribution in [0.5, 0.6) is 0 Å². The molecule has 1 aromatic heterocycles. The Morgan fingerprint density at radius 3 is 2.03 bits per heavy atom. The van der Waals surface area contributed by atoms with Crippen LogP contribution in [-0.2, 0) is 0 Å². The Balaban J connectivity index is 1.65. The largest absolute Gasteiger partial charge is 0.456 e. The van der Waals surface area contributed by atoms with E-state index >= 15 is 0 Å². The number of hydrogen-bond donors (Lipinski definition) is 0. The molecule has 148 valence electrons. The highest BCUT2D eigenvalue weighted by atomic mass is 16.3. The van der Waals surface area contributed by atoms with Gasteiger partial charge in [-0.25, -0.2) is 0 Å². The molecule has 0 aliphatic heterocycles. The van der Waals surface area contributed by atoms with Crippen molar-refractivity contribution in [3.8, 4) is 11.1 Å². The van der Waals surface area contributed by atoms with E-state index in [2.05, 4.69) is 111 Å². The molecular formula is C28H25NO. The minimum absolute atomic E-state index is 0.102. The minimum atomic E-state index is -0.102. The summed E-state index contributed by atoms with van der Waals surface area (Å²) in [4.78, 5) is 2.38. The Morgan fingerprint density at radius 2 is 1.23 bits per heavy atom. The fourth-order valence-electron chi connectivity index (χ4n) is 4.23. The molecule has 0 fully saturated rings. The minimum Gasteiger partial charge on any atom is -0.456 e. The summed E-state index contributed by atoms with van der Waals surface area (Å²) in [7, 11) is 0. The Hall–Kier alpha value is -3.52. The second-order valence-corrected chi connectivity index (χ2v) is 8.70. The van der Waals surface area contributed by atoms with Crippen molar-refractivity contribution in [1.82, 2.24) is 0 Å². The fourth-order valence-corrected chi connectivity index (χ4v) is 4.23. The van der Waals surface area contributed by atoms with Crippen LogP contribution in [0.1, 0.15) is 20.8 Å². The van der Waals surface area contributed by atoms with Crippen LogP contribution >= 0.6 is 0 Å². The van der Waals surface area contributed by atoms with Crippen molar-refractivity contribution in [3.63, 3.8) is 0 Å². The molecule has 0 atom stereocenters. The molecule has 0 unspecified atom stereocenters. The van der Waals surface area contributed by atoms with Crippen molar-refractivity contribution < 1.29 is 4.42 Å². The van der Waals surface area contributed by atoms with Gasteiger partial charge in [-0.2, -0.15) is 0 Å². The summed E-state index contributed by atoms with van der Waals surface area (Å²) >= 11 is 0. The zero-order valence-electron chi connectivity index (χ0n) is 17.6. The van der Waals surface area contributed by atoms with E-state index in [4.69, 9.17) is 4.42 Å². The van der Waals surface area contributed by atoms with Gasteiger partial charge in [0.2, 0.25) is 0 Å². The van der Waals surface area contributed by atoms with E-state index < -0.39 is 0 Å². The molecule has 0 amide bonds. The average Bonchev–Trinajstić information content (AvgIpc) is 3.11. The third-order valence-corrected chi connectivity index (χ3v) is 5.50. The highest BCUT2D eigenvalue weighted by molar-refractivity contribution is 6.05. The van der Waals surface area contributed by atoms with Gasteiger partial charge in [0.25, 0.3) is 0 Å². The van der Waals surface area contributed by atoms with Gasteiger partial charge >= 0.3 is 0 Å². The second kappa shape index (κ2) is 7.07. The van der Waals surface area contributed by atoms with Gasteiger partial charge in [-0.3, -0.25) is 0 Å². The van der Waals surface area contributed by atoms with Crippen LogP contribution in [0, 0.1) is 0 Å². The quantitative estimate of drug-likeness (QED) is 0.308. The predicted octanol–water partition coefficient (Wildman–Crippen LogP) is 8.19. The third kappa shape index (κ3) is 3.25. The van der Waals surface area contributed by atoms with Gasteiger partial charge in [0, 0.05) is 33.8 Å². The molecule has 0 saturated carbocycles. The molecule has 2 heteroatoms. The molecule has 5 aromatic rings. The smallest absolute Gasteiger partial charge is 0.137 e. The maximum Gasteiger partial charge on any atom is 0.137 e. The molecule has 0 radical (unpaired) electrons. The molecule has 0 spiro atoms. The van der Waals surface area contributed by atoms with Crippen LogP contribution in [0.25, 0.3) is 33.1 Å². The summed E-state index contributed by atoms with van der Waals surface area (Å²) in [6, 6.07) is 34.0. The van der Waals surface area contributed by atoms with Crippen LogP contribution in [0.15, 0.2) is 101 Å². The second-order valence-electron chi connectivity index (χ2n) is 8.70. The molecule has 30 heavy (non-hydrogen) atoms. The SMILES string of the molecule is CC(C)(C)N(c1cccc(-c2ccccc2)c1)c1ccc2c(c1)oc1ccccc12. The number of para-hydroxylation sites is 1. The maximum atomic E-state index is 6.16. The third-order valence-electron chi connectivity index (χ3n) is 5.50. The van der Waals surface area contributed by atoms with Crippen LogP contribution in [0.4, 0.5) is 11.4 Å². The summed E-state index contributed by atoms with van der Waals surface area (Å²) < 4.78 is 6.16. The summed E-state index contributed by atoms with van der Waals surface area (Å²) in [6.07, 6.45) is 0. The van der Waals surface area contributed by atoms with E-state index in [-0.39, 0.29) is 5.54 Å². The molecule has 5 rings (SSSR count). The van der Waals surface area contributed by atoms with Crippen LogP contribution < -0.4 is 4.90 Å². The first-order chi connectivity index (χ1) is 14.5. The average molecular weight is 392 g/mol. The van der Waals surface area contributed by atoms with Crippen molar-refractivity contribution in [3.05, 3.63) is 97.1 Å². The number of nitrogens with zero attached hydrogens (tertiary/aromatic N) is 1. The highest BCUT2D eigenvalue weighted by Gasteiger charge is 2.24. The topological polar surface area (TPSA) is 16.4 Å². The van der Waals surface area contributed by atoms with Gasteiger partial charge in [-0.15, -0.1) is 0 Å². The molecule has 0 aliphatic rings. The normalized spacial score (nSPS) is 11.8. The van der Waals surface area contributed by atoms with E-state index in [9.17, 15) is 0 Å². The van der Waals surface area contributed by atoms with E-state index in [1.807, 2.05) is 12.1 Å². The monoisotopic (exact) mass is 391 g/mol. The first-order valence-electron chi connectivity index (χ1n) is 10.4. The Morgan fingerprint density at radius 1 is 0.567 bits per heavy atom.